The Balaban J connectivity index is 2.28. The maximum absolute atomic E-state index is 13.9. The summed E-state index contributed by atoms with van der Waals surface area (Å²) in [5, 5.41) is 12.1. The molecule has 21 heavy (non-hydrogen) atoms. The third kappa shape index (κ3) is 3.60. The molecule has 0 saturated heterocycles. The van der Waals surface area contributed by atoms with Gasteiger partial charge in [0.15, 0.2) is 0 Å². The summed E-state index contributed by atoms with van der Waals surface area (Å²) in [6.07, 6.45) is 0.764. The van der Waals surface area contributed by atoms with E-state index in [1.165, 1.54) is 18.2 Å². The number of carboxylic acid groups (broad SMARTS) is 1. The van der Waals surface area contributed by atoms with E-state index in [9.17, 15) is 9.18 Å². The zero-order valence-corrected chi connectivity index (χ0v) is 12.1. The number of aryl methyl sites for hydroxylation is 1. The first-order chi connectivity index (χ1) is 10.0. The molecule has 110 valence electrons. The second kappa shape index (κ2) is 6.39. The number of hydrogen-bond acceptors (Lipinski definition) is 2. The van der Waals surface area contributed by atoms with Crippen molar-refractivity contribution in [1.29, 1.82) is 0 Å². The molecule has 1 atom stereocenters. The quantitative estimate of drug-likeness (QED) is 0.857. The minimum atomic E-state index is -1.07. The van der Waals surface area contributed by atoms with Crippen LogP contribution in [0.25, 0.3) is 0 Å². The number of carbonyl (C=O) groups is 1. The van der Waals surface area contributed by atoms with Crippen molar-refractivity contribution in [2.45, 2.75) is 26.3 Å². The summed E-state index contributed by atoms with van der Waals surface area (Å²) in [6, 6.07) is 11.7. The van der Waals surface area contributed by atoms with Gasteiger partial charge >= 0.3 is 5.97 Å². The zero-order chi connectivity index (χ0) is 15.4. The lowest BCUT2D eigenvalue weighted by Gasteiger charge is -2.19. The molecule has 0 spiro atoms. The molecule has 4 heteroatoms. The first-order valence-corrected chi connectivity index (χ1v) is 6.87. The molecule has 1 unspecified atom stereocenters. The fraction of sp³-hybridized carbons (Fsp3) is 0.235. The SMILES string of the molecule is CCC(Nc1cc(C(=O)O)ccc1F)c1ccc(C)cc1. The maximum Gasteiger partial charge on any atom is 0.335 e. The minimum Gasteiger partial charge on any atom is -0.478 e. The van der Waals surface area contributed by atoms with E-state index >= 15 is 0 Å². The summed E-state index contributed by atoms with van der Waals surface area (Å²) in [5.41, 5.74) is 2.48. The first kappa shape index (κ1) is 15.0. The van der Waals surface area contributed by atoms with Gasteiger partial charge in [-0.2, -0.15) is 0 Å². The Morgan fingerprint density at radius 2 is 1.90 bits per heavy atom. The largest absolute Gasteiger partial charge is 0.478 e. The lowest BCUT2D eigenvalue weighted by atomic mass is 10.0. The number of halogens is 1. The summed E-state index contributed by atoms with van der Waals surface area (Å²) in [5.74, 6) is -1.52. The number of nitrogens with one attached hydrogen (secondary N) is 1. The molecule has 0 aliphatic carbocycles. The average Bonchev–Trinajstić information content (AvgIpc) is 2.47. The highest BCUT2D eigenvalue weighted by Gasteiger charge is 2.13. The molecule has 2 rings (SSSR count). The molecule has 0 aliphatic heterocycles. The number of anilines is 1. The van der Waals surface area contributed by atoms with Crippen molar-refractivity contribution >= 4 is 11.7 Å². The molecular weight excluding hydrogens is 269 g/mol. The Bertz CT molecular complexity index is 638. The summed E-state index contributed by atoms with van der Waals surface area (Å²) in [7, 11) is 0. The van der Waals surface area contributed by atoms with Gasteiger partial charge in [0.05, 0.1) is 17.3 Å². The van der Waals surface area contributed by atoms with Crippen LogP contribution < -0.4 is 5.32 Å². The summed E-state index contributed by atoms with van der Waals surface area (Å²) >= 11 is 0. The summed E-state index contributed by atoms with van der Waals surface area (Å²) < 4.78 is 13.9. The van der Waals surface area contributed by atoms with Crippen molar-refractivity contribution < 1.29 is 14.3 Å². The van der Waals surface area contributed by atoms with Gasteiger partial charge in [-0.05, 0) is 37.1 Å². The predicted octanol–water partition coefficient (Wildman–Crippen LogP) is 4.40. The Labute approximate surface area is 123 Å². The van der Waals surface area contributed by atoms with Gasteiger partial charge < -0.3 is 10.4 Å². The molecule has 0 saturated carbocycles. The van der Waals surface area contributed by atoms with Crippen molar-refractivity contribution in [1.82, 2.24) is 0 Å². The third-order valence-corrected chi connectivity index (χ3v) is 3.43. The van der Waals surface area contributed by atoms with Crippen molar-refractivity contribution in [3.05, 3.63) is 65.0 Å². The Kier molecular flexibility index (Phi) is 4.58. The molecule has 0 radical (unpaired) electrons. The van der Waals surface area contributed by atoms with Crippen LogP contribution in [0.4, 0.5) is 10.1 Å². The number of hydrogen-bond donors (Lipinski definition) is 2. The van der Waals surface area contributed by atoms with Gasteiger partial charge in [-0.25, -0.2) is 9.18 Å². The zero-order valence-electron chi connectivity index (χ0n) is 12.1. The highest BCUT2D eigenvalue weighted by atomic mass is 19.1. The van der Waals surface area contributed by atoms with Crippen LogP contribution in [-0.4, -0.2) is 11.1 Å². The number of carboxylic acids is 1. The van der Waals surface area contributed by atoms with Gasteiger partial charge in [-0.3, -0.25) is 0 Å². The Morgan fingerprint density at radius 1 is 1.24 bits per heavy atom. The highest BCUT2D eigenvalue weighted by Crippen LogP contribution is 2.25. The molecule has 2 aromatic carbocycles. The van der Waals surface area contributed by atoms with Gasteiger partial charge in [-0.15, -0.1) is 0 Å². The molecule has 3 nitrogen and oxygen atoms in total. The maximum atomic E-state index is 13.9. The molecule has 0 heterocycles. The summed E-state index contributed by atoms with van der Waals surface area (Å²) in [4.78, 5) is 11.0. The monoisotopic (exact) mass is 287 g/mol. The van der Waals surface area contributed by atoms with Crippen LogP contribution in [0.2, 0.25) is 0 Å². The molecule has 0 aliphatic rings. The average molecular weight is 287 g/mol. The molecule has 2 aromatic rings. The lowest BCUT2D eigenvalue weighted by Crippen LogP contribution is -2.11. The van der Waals surface area contributed by atoms with Crippen LogP contribution in [0.15, 0.2) is 42.5 Å². The van der Waals surface area contributed by atoms with E-state index in [1.807, 2.05) is 38.1 Å². The van der Waals surface area contributed by atoms with E-state index in [2.05, 4.69) is 5.32 Å². The van der Waals surface area contributed by atoms with Crippen LogP contribution in [0, 0.1) is 12.7 Å². The van der Waals surface area contributed by atoms with Crippen molar-refractivity contribution in [2.75, 3.05) is 5.32 Å². The van der Waals surface area contributed by atoms with Gasteiger partial charge in [0, 0.05) is 0 Å². The minimum absolute atomic E-state index is 0.0656. The van der Waals surface area contributed by atoms with Crippen LogP contribution in [0.3, 0.4) is 0 Å². The van der Waals surface area contributed by atoms with E-state index in [0.29, 0.717) is 0 Å². The molecule has 0 bridgehead atoms. The topological polar surface area (TPSA) is 49.3 Å². The van der Waals surface area contributed by atoms with Crippen molar-refractivity contribution in [3.63, 3.8) is 0 Å². The Hall–Kier alpha value is -2.36. The standard InChI is InChI=1S/C17H18FNO2/c1-3-15(12-6-4-11(2)5-7-12)19-16-10-13(17(20)21)8-9-14(16)18/h4-10,15,19H,3H2,1-2H3,(H,20,21). The van der Waals surface area contributed by atoms with Crippen LogP contribution in [0.5, 0.6) is 0 Å². The van der Waals surface area contributed by atoms with E-state index in [1.54, 1.807) is 0 Å². The second-order valence-electron chi connectivity index (χ2n) is 5.02. The summed E-state index contributed by atoms with van der Waals surface area (Å²) in [6.45, 7) is 4.00. The highest BCUT2D eigenvalue weighted by molar-refractivity contribution is 5.88. The predicted molar refractivity (Wildman–Crippen MR) is 81.2 cm³/mol. The third-order valence-electron chi connectivity index (χ3n) is 3.43. The molecule has 0 aromatic heterocycles. The Morgan fingerprint density at radius 3 is 2.48 bits per heavy atom. The van der Waals surface area contributed by atoms with Crippen LogP contribution >= 0.6 is 0 Å². The number of aromatic carboxylic acids is 1. The van der Waals surface area contributed by atoms with Crippen LogP contribution in [-0.2, 0) is 0 Å². The molecule has 2 N–H and O–H groups in total. The number of rotatable bonds is 5. The van der Waals surface area contributed by atoms with E-state index in [4.69, 9.17) is 5.11 Å². The van der Waals surface area contributed by atoms with E-state index in [-0.39, 0.29) is 17.3 Å². The van der Waals surface area contributed by atoms with Crippen molar-refractivity contribution in [2.24, 2.45) is 0 Å². The van der Waals surface area contributed by atoms with Crippen molar-refractivity contribution in [3.8, 4) is 0 Å². The van der Waals surface area contributed by atoms with Gasteiger partial charge in [-0.1, -0.05) is 36.8 Å². The molecular formula is C17H18FNO2. The van der Waals surface area contributed by atoms with E-state index in [0.717, 1.165) is 17.5 Å². The fourth-order valence-electron chi connectivity index (χ4n) is 2.18. The fourth-order valence-corrected chi connectivity index (χ4v) is 2.18. The molecule has 0 fully saturated rings. The normalized spacial score (nSPS) is 12.0. The van der Waals surface area contributed by atoms with E-state index < -0.39 is 11.8 Å². The van der Waals surface area contributed by atoms with Crippen LogP contribution in [0.1, 0.15) is 40.9 Å². The van der Waals surface area contributed by atoms with Gasteiger partial charge in [0.25, 0.3) is 0 Å². The number of benzene rings is 2. The van der Waals surface area contributed by atoms with Gasteiger partial charge in [0.2, 0.25) is 0 Å². The second-order valence-corrected chi connectivity index (χ2v) is 5.02. The van der Waals surface area contributed by atoms with Gasteiger partial charge in [0.1, 0.15) is 5.82 Å². The smallest absolute Gasteiger partial charge is 0.335 e. The first-order valence-electron chi connectivity index (χ1n) is 6.87. The lowest BCUT2D eigenvalue weighted by molar-refractivity contribution is 0.0697. The molecule has 0 amide bonds.